The maximum atomic E-state index is 12.9. The van der Waals surface area contributed by atoms with Gasteiger partial charge in [0.1, 0.15) is 0 Å². The summed E-state index contributed by atoms with van der Waals surface area (Å²) in [7, 11) is -3.03. The number of aryl methyl sites for hydroxylation is 1. The highest BCUT2D eigenvalue weighted by atomic mass is 32.2. The summed E-state index contributed by atoms with van der Waals surface area (Å²) < 4.78 is 25.3. The van der Waals surface area contributed by atoms with Crippen LogP contribution in [0.25, 0.3) is 5.69 Å². The van der Waals surface area contributed by atoms with E-state index in [0.717, 1.165) is 29.7 Å². The van der Waals surface area contributed by atoms with Crippen LogP contribution in [-0.2, 0) is 14.6 Å². The summed E-state index contributed by atoms with van der Waals surface area (Å²) in [6.45, 7) is 4.05. The summed E-state index contributed by atoms with van der Waals surface area (Å²) in [5.74, 6) is 0.412. The third-order valence-corrected chi connectivity index (χ3v) is 8.05. The summed E-state index contributed by atoms with van der Waals surface area (Å²) in [6, 6.07) is 5.92. The van der Waals surface area contributed by atoms with Gasteiger partial charge in [0.2, 0.25) is 11.1 Å². The lowest BCUT2D eigenvalue weighted by molar-refractivity contribution is -0.130. The highest BCUT2D eigenvalue weighted by molar-refractivity contribution is 7.99. The summed E-state index contributed by atoms with van der Waals surface area (Å²) in [4.78, 5) is 14.7. The molecule has 1 aromatic carbocycles. The third-order valence-electron chi connectivity index (χ3n) is 5.40. The first-order valence-corrected chi connectivity index (χ1v) is 12.2. The Balaban J connectivity index is 1.48. The van der Waals surface area contributed by atoms with E-state index in [1.165, 1.54) is 11.8 Å². The molecule has 2 fully saturated rings. The third kappa shape index (κ3) is 3.93. The molecule has 1 saturated carbocycles. The van der Waals surface area contributed by atoms with E-state index in [4.69, 9.17) is 0 Å². The first kappa shape index (κ1) is 19.4. The standard InChI is InChI=1S/C18H23N5O3S2/c1-12-4-3-5-16(13(12)2)23-18(19-20-21-23)27-10-17(24)22(14-6-7-14)15-8-9-28(25,26)11-15/h3-5,14-15H,6-11H2,1-2H3/t15-/m0/s1. The molecule has 0 radical (unpaired) electrons. The Morgan fingerprint density at radius 1 is 1.25 bits per heavy atom. The zero-order valence-corrected chi connectivity index (χ0v) is 17.5. The van der Waals surface area contributed by atoms with E-state index in [1.807, 2.05) is 36.9 Å². The normalized spacial score (nSPS) is 21.0. The zero-order chi connectivity index (χ0) is 19.9. The number of hydrogen-bond acceptors (Lipinski definition) is 7. The molecule has 10 heteroatoms. The van der Waals surface area contributed by atoms with Gasteiger partial charge in [0.05, 0.1) is 22.9 Å². The second-order valence-corrected chi connectivity index (χ2v) is 10.6. The Bertz CT molecular complexity index is 1000. The average Bonchev–Trinajstić information content (AvgIpc) is 3.25. The molecule has 150 valence electrons. The molecule has 1 aliphatic carbocycles. The molecule has 0 spiro atoms. The number of thioether (sulfide) groups is 1. The highest BCUT2D eigenvalue weighted by Gasteiger charge is 2.42. The van der Waals surface area contributed by atoms with Crippen molar-refractivity contribution in [3.05, 3.63) is 29.3 Å². The number of sulfone groups is 1. The molecule has 0 unspecified atom stereocenters. The van der Waals surface area contributed by atoms with Crippen LogP contribution in [0, 0.1) is 13.8 Å². The molecule has 1 amide bonds. The molecule has 2 aliphatic rings. The maximum Gasteiger partial charge on any atom is 0.233 e. The molecule has 2 aromatic rings. The molecule has 1 aliphatic heterocycles. The van der Waals surface area contributed by atoms with Crippen molar-refractivity contribution in [3.63, 3.8) is 0 Å². The summed E-state index contributed by atoms with van der Waals surface area (Å²) in [5, 5.41) is 12.5. The Hall–Kier alpha value is -1.94. The molecule has 1 aromatic heterocycles. The van der Waals surface area contributed by atoms with Gasteiger partial charge in [-0.15, -0.1) is 5.10 Å². The van der Waals surface area contributed by atoms with Crippen molar-refractivity contribution in [2.75, 3.05) is 17.3 Å². The van der Waals surface area contributed by atoms with Crippen LogP contribution in [0.15, 0.2) is 23.4 Å². The van der Waals surface area contributed by atoms with Gasteiger partial charge >= 0.3 is 0 Å². The Kier molecular flexibility index (Phi) is 5.17. The van der Waals surface area contributed by atoms with Crippen molar-refractivity contribution in [1.82, 2.24) is 25.1 Å². The van der Waals surface area contributed by atoms with Gasteiger partial charge in [0.15, 0.2) is 9.84 Å². The minimum Gasteiger partial charge on any atom is -0.335 e. The van der Waals surface area contributed by atoms with E-state index >= 15 is 0 Å². The topological polar surface area (TPSA) is 98.1 Å². The van der Waals surface area contributed by atoms with Gasteiger partial charge in [-0.2, -0.15) is 4.68 Å². The molecular formula is C18H23N5O3S2. The van der Waals surface area contributed by atoms with Gasteiger partial charge < -0.3 is 4.90 Å². The Labute approximate surface area is 168 Å². The van der Waals surface area contributed by atoms with Crippen LogP contribution in [0.4, 0.5) is 0 Å². The number of tetrazole rings is 1. The lowest BCUT2D eigenvalue weighted by Gasteiger charge is -2.28. The quantitative estimate of drug-likeness (QED) is 0.653. The van der Waals surface area contributed by atoms with Crippen LogP contribution in [0.2, 0.25) is 0 Å². The van der Waals surface area contributed by atoms with Crippen LogP contribution < -0.4 is 0 Å². The second-order valence-electron chi connectivity index (χ2n) is 7.47. The van der Waals surface area contributed by atoms with E-state index in [2.05, 4.69) is 15.5 Å². The molecule has 8 nitrogen and oxygen atoms in total. The second kappa shape index (κ2) is 7.47. The molecule has 4 rings (SSSR count). The Morgan fingerprint density at radius 2 is 2.04 bits per heavy atom. The molecule has 0 N–H and O–H groups in total. The predicted octanol–water partition coefficient (Wildman–Crippen LogP) is 1.55. The van der Waals surface area contributed by atoms with Crippen LogP contribution in [0.3, 0.4) is 0 Å². The summed E-state index contributed by atoms with van der Waals surface area (Å²) in [5.41, 5.74) is 3.11. The molecule has 1 atom stereocenters. The fourth-order valence-electron chi connectivity index (χ4n) is 3.64. The maximum absolute atomic E-state index is 12.9. The number of carbonyl (C=O) groups excluding carboxylic acids is 1. The first-order chi connectivity index (χ1) is 13.4. The SMILES string of the molecule is Cc1cccc(-n2nnnc2SCC(=O)N(C2CC2)[C@H]2CCS(=O)(=O)C2)c1C. The number of aromatic nitrogens is 4. The lowest BCUT2D eigenvalue weighted by Crippen LogP contribution is -2.43. The van der Waals surface area contributed by atoms with E-state index in [9.17, 15) is 13.2 Å². The lowest BCUT2D eigenvalue weighted by atomic mass is 10.1. The van der Waals surface area contributed by atoms with E-state index in [-0.39, 0.29) is 35.2 Å². The fourth-order valence-corrected chi connectivity index (χ4v) is 6.10. The predicted molar refractivity (Wildman–Crippen MR) is 106 cm³/mol. The van der Waals surface area contributed by atoms with Crippen LogP contribution in [0.5, 0.6) is 0 Å². The minimum atomic E-state index is -3.03. The van der Waals surface area contributed by atoms with Crippen LogP contribution in [-0.4, -0.2) is 68.8 Å². The van der Waals surface area contributed by atoms with Crippen molar-refractivity contribution in [1.29, 1.82) is 0 Å². The molecule has 1 saturated heterocycles. The van der Waals surface area contributed by atoms with Crippen LogP contribution >= 0.6 is 11.8 Å². The van der Waals surface area contributed by atoms with Gasteiger partial charge in [0.25, 0.3) is 0 Å². The summed E-state index contributed by atoms with van der Waals surface area (Å²) >= 11 is 1.29. The highest BCUT2D eigenvalue weighted by Crippen LogP contribution is 2.33. The first-order valence-electron chi connectivity index (χ1n) is 9.35. The molecule has 2 heterocycles. The monoisotopic (exact) mass is 421 g/mol. The van der Waals surface area contributed by atoms with E-state index in [1.54, 1.807) is 4.68 Å². The number of benzene rings is 1. The number of nitrogens with zero attached hydrogens (tertiary/aromatic N) is 5. The van der Waals surface area contributed by atoms with Crippen LogP contribution in [0.1, 0.15) is 30.4 Å². The average molecular weight is 422 g/mol. The van der Waals surface area contributed by atoms with Gasteiger partial charge in [-0.3, -0.25) is 4.79 Å². The van der Waals surface area contributed by atoms with Crippen molar-refractivity contribution >= 4 is 27.5 Å². The zero-order valence-electron chi connectivity index (χ0n) is 15.9. The fraction of sp³-hybridized carbons (Fsp3) is 0.556. The van der Waals surface area contributed by atoms with Crippen molar-refractivity contribution < 1.29 is 13.2 Å². The smallest absolute Gasteiger partial charge is 0.233 e. The van der Waals surface area contributed by atoms with Crippen molar-refractivity contribution in [3.8, 4) is 5.69 Å². The minimum absolute atomic E-state index is 0.0369. The molecular weight excluding hydrogens is 398 g/mol. The Morgan fingerprint density at radius 3 is 2.71 bits per heavy atom. The summed E-state index contributed by atoms with van der Waals surface area (Å²) in [6.07, 6.45) is 2.44. The number of hydrogen-bond donors (Lipinski definition) is 0. The largest absolute Gasteiger partial charge is 0.335 e. The van der Waals surface area contributed by atoms with Crippen molar-refractivity contribution in [2.24, 2.45) is 0 Å². The number of amides is 1. The van der Waals surface area contributed by atoms with E-state index < -0.39 is 9.84 Å². The van der Waals surface area contributed by atoms with E-state index in [0.29, 0.717) is 11.6 Å². The van der Waals surface area contributed by atoms with Crippen molar-refractivity contribution in [2.45, 2.75) is 50.4 Å². The van der Waals surface area contributed by atoms with Gasteiger partial charge in [0, 0.05) is 12.1 Å². The molecule has 0 bridgehead atoms. The number of rotatable bonds is 6. The number of carbonyl (C=O) groups is 1. The van der Waals surface area contributed by atoms with Gasteiger partial charge in [-0.05, 0) is 60.7 Å². The van der Waals surface area contributed by atoms with Gasteiger partial charge in [-0.1, -0.05) is 23.9 Å². The molecule has 28 heavy (non-hydrogen) atoms. The van der Waals surface area contributed by atoms with Gasteiger partial charge in [-0.25, -0.2) is 8.42 Å².